The van der Waals surface area contributed by atoms with Gasteiger partial charge < -0.3 is 16.8 Å². The SMILES string of the molecule is Nc1ncnc(N)c1NC(=O)c1ccc([N+](=O)[O-])cc1. The van der Waals surface area contributed by atoms with Gasteiger partial charge >= 0.3 is 0 Å². The number of hydrogen-bond donors (Lipinski definition) is 3. The van der Waals surface area contributed by atoms with Gasteiger partial charge in [0.1, 0.15) is 12.0 Å². The maximum absolute atomic E-state index is 12.0. The van der Waals surface area contributed by atoms with Crippen molar-refractivity contribution < 1.29 is 9.72 Å². The fourth-order valence-electron chi connectivity index (χ4n) is 1.46. The summed E-state index contributed by atoms with van der Waals surface area (Å²) in [6.07, 6.45) is 1.17. The molecule has 2 rings (SSSR count). The van der Waals surface area contributed by atoms with Crippen LogP contribution < -0.4 is 16.8 Å². The van der Waals surface area contributed by atoms with E-state index in [-0.39, 0.29) is 28.6 Å². The summed E-state index contributed by atoms with van der Waals surface area (Å²) in [4.78, 5) is 29.3. The van der Waals surface area contributed by atoms with Crippen molar-refractivity contribution in [3.63, 3.8) is 0 Å². The van der Waals surface area contributed by atoms with Crippen molar-refractivity contribution in [3.8, 4) is 0 Å². The lowest BCUT2D eigenvalue weighted by atomic mass is 10.2. The van der Waals surface area contributed by atoms with Crippen LogP contribution in [0.2, 0.25) is 0 Å². The van der Waals surface area contributed by atoms with E-state index in [0.29, 0.717) is 0 Å². The number of nitrogen functional groups attached to an aromatic ring is 2. The number of amides is 1. The van der Waals surface area contributed by atoms with Crippen LogP contribution in [0.1, 0.15) is 10.4 Å². The predicted octanol–water partition coefficient (Wildman–Crippen LogP) is 0.802. The predicted molar refractivity (Wildman–Crippen MR) is 71.9 cm³/mol. The van der Waals surface area contributed by atoms with Crippen LogP contribution in [0, 0.1) is 10.1 Å². The number of nitrogens with zero attached hydrogens (tertiary/aromatic N) is 3. The molecule has 0 unspecified atom stereocenters. The van der Waals surface area contributed by atoms with E-state index in [0.717, 1.165) is 0 Å². The molecule has 9 nitrogen and oxygen atoms in total. The lowest BCUT2D eigenvalue weighted by Gasteiger charge is -2.08. The molecular formula is C11H10N6O3. The zero-order valence-corrected chi connectivity index (χ0v) is 10.1. The number of nitro groups is 1. The molecule has 1 amide bonds. The smallest absolute Gasteiger partial charge is 0.269 e. The molecule has 0 aliphatic heterocycles. The minimum atomic E-state index is -0.553. The average Bonchev–Trinajstić information content (AvgIpc) is 2.43. The molecule has 20 heavy (non-hydrogen) atoms. The van der Waals surface area contributed by atoms with E-state index in [2.05, 4.69) is 15.3 Å². The Morgan fingerprint density at radius 2 is 1.70 bits per heavy atom. The number of non-ortho nitro benzene ring substituents is 1. The summed E-state index contributed by atoms with van der Waals surface area (Å²) in [5.74, 6) is -0.450. The van der Waals surface area contributed by atoms with Gasteiger partial charge in [-0.15, -0.1) is 0 Å². The number of carbonyl (C=O) groups is 1. The molecule has 0 saturated heterocycles. The fourth-order valence-corrected chi connectivity index (χ4v) is 1.46. The van der Waals surface area contributed by atoms with Gasteiger partial charge in [-0.25, -0.2) is 9.97 Å². The number of anilines is 3. The maximum Gasteiger partial charge on any atom is 0.269 e. The fraction of sp³-hybridized carbons (Fsp3) is 0. The monoisotopic (exact) mass is 274 g/mol. The number of aromatic nitrogens is 2. The lowest BCUT2D eigenvalue weighted by Crippen LogP contribution is -2.15. The highest BCUT2D eigenvalue weighted by atomic mass is 16.6. The molecule has 0 saturated carbocycles. The highest BCUT2D eigenvalue weighted by molar-refractivity contribution is 6.07. The van der Waals surface area contributed by atoms with Gasteiger partial charge in [-0.3, -0.25) is 14.9 Å². The van der Waals surface area contributed by atoms with E-state index in [4.69, 9.17) is 11.5 Å². The summed E-state index contributed by atoms with van der Waals surface area (Å²) in [6, 6.07) is 5.10. The van der Waals surface area contributed by atoms with Gasteiger partial charge in [-0.2, -0.15) is 0 Å². The zero-order chi connectivity index (χ0) is 14.7. The largest absolute Gasteiger partial charge is 0.382 e. The van der Waals surface area contributed by atoms with Gasteiger partial charge in [0.15, 0.2) is 11.6 Å². The normalized spacial score (nSPS) is 10.0. The average molecular weight is 274 g/mol. The number of nitrogens with one attached hydrogen (secondary N) is 1. The van der Waals surface area contributed by atoms with Crippen molar-refractivity contribution in [2.75, 3.05) is 16.8 Å². The standard InChI is InChI=1S/C11H10N6O3/c12-9-8(10(13)15-5-14-9)16-11(18)6-1-3-7(4-2-6)17(19)20/h1-5H,(H,16,18)(H4,12,13,14,15). The molecule has 2 aromatic rings. The van der Waals surface area contributed by atoms with Gasteiger partial charge in [-0.1, -0.05) is 0 Å². The van der Waals surface area contributed by atoms with Crippen molar-refractivity contribution in [2.45, 2.75) is 0 Å². The molecule has 9 heteroatoms. The van der Waals surface area contributed by atoms with Crippen LogP contribution in [0.25, 0.3) is 0 Å². The number of nitrogens with two attached hydrogens (primary N) is 2. The highest BCUT2D eigenvalue weighted by Crippen LogP contribution is 2.22. The summed E-state index contributed by atoms with van der Waals surface area (Å²) in [5, 5.41) is 13.0. The first-order valence-electron chi connectivity index (χ1n) is 5.41. The third kappa shape index (κ3) is 2.61. The Labute approximate surface area is 112 Å². The van der Waals surface area contributed by atoms with Crippen LogP contribution in [-0.2, 0) is 0 Å². The van der Waals surface area contributed by atoms with Crippen LogP contribution in [0.15, 0.2) is 30.6 Å². The Balaban J connectivity index is 2.22. The topological polar surface area (TPSA) is 150 Å². The van der Waals surface area contributed by atoms with Crippen molar-refractivity contribution in [2.24, 2.45) is 0 Å². The van der Waals surface area contributed by atoms with Crippen molar-refractivity contribution in [1.82, 2.24) is 9.97 Å². The minimum absolute atomic E-state index is 0.0350. The van der Waals surface area contributed by atoms with Crippen LogP contribution in [0.5, 0.6) is 0 Å². The van der Waals surface area contributed by atoms with Crippen LogP contribution in [0.3, 0.4) is 0 Å². The summed E-state index contributed by atoms with van der Waals surface area (Å²) in [5.41, 5.74) is 11.4. The summed E-state index contributed by atoms with van der Waals surface area (Å²) in [7, 11) is 0. The zero-order valence-electron chi connectivity index (χ0n) is 10.1. The molecule has 0 aliphatic carbocycles. The van der Waals surface area contributed by atoms with E-state index in [9.17, 15) is 14.9 Å². The minimum Gasteiger partial charge on any atom is -0.382 e. The second-order valence-corrected chi connectivity index (χ2v) is 3.78. The third-order valence-corrected chi connectivity index (χ3v) is 2.48. The Morgan fingerprint density at radius 1 is 1.15 bits per heavy atom. The van der Waals surface area contributed by atoms with Gasteiger partial charge in [-0.05, 0) is 12.1 Å². The molecule has 0 bridgehead atoms. The molecule has 102 valence electrons. The quantitative estimate of drug-likeness (QED) is 0.553. The number of nitro benzene ring substituents is 1. The van der Waals surface area contributed by atoms with Crippen LogP contribution in [-0.4, -0.2) is 20.8 Å². The first-order chi connectivity index (χ1) is 9.49. The molecule has 1 aromatic heterocycles. The van der Waals surface area contributed by atoms with E-state index in [1.807, 2.05) is 0 Å². The Morgan fingerprint density at radius 3 is 2.20 bits per heavy atom. The van der Waals surface area contributed by atoms with Crippen LogP contribution in [0.4, 0.5) is 23.0 Å². The molecule has 1 aromatic carbocycles. The summed E-state index contributed by atoms with van der Waals surface area (Å²) >= 11 is 0. The van der Waals surface area contributed by atoms with E-state index in [1.54, 1.807) is 0 Å². The molecule has 0 fully saturated rings. The molecular weight excluding hydrogens is 264 g/mol. The lowest BCUT2D eigenvalue weighted by molar-refractivity contribution is -0.384. The highest BCUT2D eigenvalue weighted by Gasteiger charge is 2.13. The number of carbonyl (C=O) groups excluding carboxylic acids is 1. The molecule has 0 atom stereocenters. The van der Waals surface area contributed by atoms with Gasteiger partial charge in [0.25, 0.3) is 11.6 Å². The van der Waals surface area contributed by atoms with Crippen molar-refractivity contribution >= 4 is 28.9 Å². The Kier molecular flexibility index (Phi) is 3.42. The number of rotatable bonds is 3. The molecule has 0 radical (unpaired) electrons. The van der Waals surface area contributed by atoms with E-state index < -0.39 is 10.8 Å². The van der Waals surface area contributed by atoms with Crippen molar-refractivity contribution in [1.29, 1.82) is 0 Å². The maximum atomic E-state index is 12.0. The van der Waals surface area contributed by atoms with Gasteiger partial charge in [0.05, 0.1) is 4.92 Å². The first-order valence-corrected chi connectivity index (χ1v) is 5.41. The Bertz CT molecular complexity index is 650. The second-order valence-electron chi connectivity index (χ2n) is 3.78. The third-order valence-electron chi connectivity index (χ3n) is 2.48. The van der Waals surface area contributed by atoms with E-state index >= 15 is 0 Å². The van der Waals surface area contributed by atoms with Gasteiger partial charge in [0.2, 0.25) is 0 Å². The van der Waals surface area contributed by atoms with E-state index in [1.165, 1.54) is 30.6 Å². The Hall–Kier alpha value is -3.23. The molecule has 0 aliphatic rings. The van der Waals surface area contributed by atoms with Crippen molar-refractivity contribution in [3.05, 3.63) is 46.3 Å². The second kappa shape index (κ2) is 5.18. The number of benzene rings is 1. The molecule has 5 N–H and O–H groups in total. The summed E-state index contributed by atoms with van der Waals surface area (Å²) < 4.78 is 0. The first kappa shape index (κ1) is 13.2. The summed E-state index contributed by atoms with van der Waals surface area (Å²) in [6.45, 7) is 0. The van der Waals surface area contributed by atoms with Gasteiger partial charge in [0, 0.05) is 17.7 Å². The van der Waals surface area contributed by atoms with Crippen LogP contribution >= 0.6 is 0 Å². The molecule has 1 heterocycles. The number of hydrogen-bond acceptors (Lipinski definition) is 7. The molecule has 0 spiro atoms.